The molecule has 112 valence electrons. The molecule has 1 aromatic carbocycles. The molecule has 0 fully saturated rings. The molecule has 0 saturated carbocycles. The monoisotopic (exact) mass is 276 g/mol. The predicted molar refractivity (Wildman–Crippen MR) is 84.5 cm³/mol. The van der Waals surface area contributed by atoms with E-state index in [0.717, 1.165) is 24.8 Å². The largest absolute Gasteiger partial charge is 0.362 e. The third-order valence-electron chi connectivity index (χ3n) is 3.86. The van der Waals surface area contributed by atoms with Gasteiger partial charge in [0.25, 0.3) is 0 Å². The minimum atomic E-state index is -1.83. The summed E-state index contributed by atoms with van der Waals surface area (Å²) in [6.07, 6.45) is 9.22. The molecule has 0 bridgehead atoms. The lowest BCUT2D eigenvalue weighted by Crippen LogP contribution is -2.33. The van der Waals surface area contributed by atoms with Crippen LogP contribution in [0.15, 0.2) is 43.0 Å². The SMILES string of the molecule is C=CC(O)(O)C(CCCCCCCC)c1ccccc1. The first kappa shape index (κ1) is 16.9. The van der Waals surface area contributed by atoms with Gasteiger partial charge in [0.2, 0.25) is 0 Å². The fourth-order valence-corrected chi connectivity index (χ4v) is 2.58. The smallest absolute Gasteiger partial charge is 0.189 e. The molecule has 0 radical (unpaired) electrons. The molecule has 0 spiro atoms. The zero-order valence-electron chi connectivity index (χ0n) is 12.6. The summed E-state index contributed by atoms with van der Waals surface area (Å²) in [4.78, 5) is 0. The Labute approximate surface area is 123 Å². The van der Waals surface area contributed by atoms with Crippen molar-refractivity contribution in [2.24, 2.45) is 0 Å². The van der Waals surface area contributed by atoms with Gasteiger partial charge in [-0.2, -0.15) is 0 Å². The van der Waals surface area contributed by atoms with Gasteiger partial charge in [0.1, 0.15) is 0 Å². The first-order valence-corrected chi connectivity index (χ1v) is 7.75. The van der Waals surface area contributed by atoms with Crippen LogP contribution < -0.4 is 0 Å². The fraction of sp³-hybridized carbons (Fsp3) is 0.556. The summed E-state index contributed by atoms with van der Waals surface area (Å²) in [5, 5.41) is 20.2. The molecule has 0 aliphatic carbocycles. The molecular weight excluding hydrogens is 248 g/mol. The Morgan fingerprint density at radius 3 is 2.25 bits per heavy atom. The van der Waals surface area contributed by atoms with Crippen molar-refractivity contribution in [3.05, 3.63) is 48.6 Å². The summed E-state index contributed by atoms with van der Waals surface area (Å²) in [5.41, 5.74) is 0.964. The predicted octanol–water partition coefficient (Wildman–Crippen LogP) is 4.39. The molecule has 1 rings (SSSR count). The Balaban J connectivity index is 2.55. The van der Waals surface area contributed by atoms with Gasteiger partial charge in [0.15, 0.2) is 5.79 Å². The number of rotatable bonds is 10. The van der Waals surface area contributed by atoms with Gasteiger partial charge >= 0.3 is 0 Å². The van der Waals surface area contributed by atoms with E-state index in [1.165, 1.54) is 31.8 Å². The van der Waals surface area contributed by atoms with E-state index in [0.29, 0.717) is 0 Å². The van der Waals surface area contributed by atoms with E-state index in [4.69, 9.17) is 0 Å². The summed E-state index contributed by atoms with van der Waals surface area (Å²) < 4.78 is 0. The summed E-state index contributed by atoms with van der Waals surface area (Å²) in [5.74, 6) is -2.13. The molecule has 0 aliphatic rings. The molecule has 0 amide bonds. The van der Waals surface area contributed by atoms with Crippen LogP contribution in [0.4, 0.5) is 0 Å². The summed E-state index contributed by atoms with van der Waals surface area (Å²) >= 11 is 0. The highest BCUT2D eigenvalue weighted by molar-refractivity contribution is 5.23. The van der Waals surface area contributed by atoms with Crippen molar-refractivity contribution in [3.8, 4) is 0 Å². The van der Waals surface area contributed by atoms with Crippen LogP contribution in [0.2, 0.25) is 0 Å². The third-order valence-corrected chi connectivity index (χ3v) is 3.86. The summed E-state index contributed by atoms with van der Waals surface area (Å²) in [6, 6.07) is 9.71. The second-order valence-electron chi connectivity index (χ2n) is 5.51. The quantitative estimate of drug-likeness (QED) is 0.378. The Hall–Kier alpha value is -1.12. The minimum absolute atomic E-state index is 0.299. The van der Waals surface area contributed by atoms with E-state index in [-0.39, 0.29) is 5.92 Å². The number of hydrogen-bond donors (Lipinski definition) is 2. The zero-order valence-corrected chi connectivity index (χ0v) is 12.6. The molecule has 0 heterocycles. The lowest BCUT2D eigenvalue weighted by atomic mass is 9.85. The van der Waals surface area contributed by atoms with Crippen molar-refractivity contribution in [3.63, 3.8) is 0 Å². The molecule has 0 aliphatic heterocycles. The van der Waals surface area contributed by atoms with E-state index < -0.39 is 5.79 Å². The van der Waals surface area contributed by atoms with E-state index in [2.05, 4.69) is 13.5 Å². The van der Waals surface area contributed by atoms with E-state index in [1.54, 1.807) is 0 Å². The third kappa shape index (κ3) is 5.48. The highest BCUT2D eigenvalue weighted by Crippen LogP contribution is 2.32. The highest BCUT2D eigenvalue weighted by Gasteiger charge is 2.31. The Bertz CT molecular complexity index is 370. The van der Waals surface area contributed by atoms with Crippen LogP contribution in [0.25, 0.3) is 0 Å². The average molecular weight is 276 g/mol. The molecular formula is C18H28O2. The number of hydrogen-bond acceptors (Lipinski definition) is 2. The lowest BCUT2D eigenvalue weighted by Gasteiger charge is -2.29. The molecule has 1 unspecified atom stereocenters. The standard InChI is InChI=1S/C18H28O2/c1-3-5-6-7-8-12-15-17(18(19,20)4-2)16-13-10-9-11-14-16/h4,9-11,13-14,17,19-20H,2-3,5-8,12,15H2,1H3. The molecule has 2 nitrogen and oxygen atoms in total. The molecule has 1 atom stereocenters. The van der Waals surface area contributed by atoms with Gasteiger partial charge < -0.3 is 10.2 Å². The van der Waals surface area contributed by atoms with Crippen LogP contribution in [0.5, 0.6) is 0 Å². The van der Waals surface area contributed by atoms with Crippen molar-refractivity contribution in [1.29, 1.82) is 0 Å². The van der Waals surface area contributed by atoms with Gasteiger partial charge in [-0.3, -0.25) is 0 Å². The maximum Gasteiger partial charge on any atom is 0.189 e. The zero-order chi connectivity index (χ0) is 14.8. The van der Waals surface area contributed by atoms with E-state index in [1.807, 2.05) is 30.3 Å². The van der Waals surface area contributed by atoms with Gasteiger partial charge in [-0.05, 0) is 18.1 Å². The number of unbranched alkanes of at least 4 members (excludes halogenated alkanes) is 5. The molecule has 0 aromatic heterocycles. The Morgan fingerprint density at radius 2 is 1.65 bits per heavy atom. The highest BCUT2D eigenvalue weighted by atomic mass is 16.5. The van der Waals surface area contributed by atoms with Crippen LogP contribution in [0, 0.1) is 0 Å². The average Bonchev–Trinajstić information content (AvgIpc) is 2.47. The maximum absolute atomic E-state index is 10.1. The topological polar surface area (TPSA) is 40.5 Å². The molecule has 20 heavy (non-hydrogen) atoms. The molecule has 2 N–H and O–H groups in total. The first-order valence-electron chi connectivity index (χ1n) is 7.75. The van der Waals surface area contributed by atoms with Crippen molar-refractivity contribution in [1.82, 2.24) is 0 Å². The Kier molecular flexibility index (Phi) is 7.56. The summed E-state index contributed by atoms with van der Waals surface area (Å²) in [6.45, 7) is 5.76. The van der Waals surface area contributed by atoms with Gasteiger partial charge in [0, 0.05) is 5.92 Å². The van der Waals surface area contributed by atoms with Gasteiger partial charge in [-0.15, -0.1) is 0 Å². The number of benzene rings is 1. The van der Waals surface area contributed by atoms with Gasteiger partial charge in [0.05, 0.1) is 0 Å². The number of aliphatic hydroxyl groups is 2. The van der Waals surface area contributed by atoms with Crippen LogP contribution in [0.3, 0.4) is 0 Å². The van der Waals surface area contributed by atoms with Crippen molar-refractivity contribution in [2.75, 3.05) is 0 Å². The van der Waals surface area contributed by atoms with Crippen molar-refractivity contribution >= 4 is 0 Å². The van der Waals surface area contributed by atoms with Gasteiger partial charge in [-0.1, -0.05) is 82.4 Å². The van der Waals surface area contributed by atoms with E-state index >= 15 is 0 Å². The van der Waals surface area contributed by atoms with Crippen LogP contribution in [-0.2, 0) is 0 Å². The van der Waals surface area contributed by atoms with Gasteiger partial charge in [-0.25, -0.2) is 0 Å². The summed E-state index contributed by atoms with van der Waals surface area (Å²) in [7, 11) is 0. The van der Waals surface area contributed by atoms with Crippen molar-refractivity contribution in [2.45, 2.75) is 63.6 Å². The molecule has 2 heteroatoms. The van der Waals surface area contributed by atoms with E-state index in [9.17, 15) is 10.2 Å². The lowest BCUT2D eigenvalue weighted by molar-refractivity contribution is -0.139. The Morgan fingerprint density at radius 1 is 1.05 bits per heavy atom. The fourth-order valence-electron chi connectivity index (χ4n) is 2.58. The normalized spacial score (nSPS) is 13.2. The first-order chi connectivity index (χ1) is 9.61. The van der Waals surface area contributed by atoms with Crippen LogP contribution in [-0.4, -0.2) is 16.0 Å². The van der Waals surface area contributed by atoms with Crippen molar-refractivity contribution < 1.29 is 10.2 Å². The molecule has 0 saturated heterocycles. The maximum atomic E-state index is 10.1. The second kappa shape index (κ2) is 8.93. The van der Waals surface area contributed by atoms with Crippen LogP contribution in [0.1, 0.15) is 63.4 Å². The molecule has 1 aromatic rings. The minimum Gasteiger partial charge on any atom is -0.362 e. The second-order valence-corrected chi connectivity index (χ2v) is 5.51. The van der Waals surface area contributed by atoms with Crippen LogP contribution >= 0.6 is 0 Å².